The highest BCUT2D eigenvalue weighted by molar-refractivity contribution is 5.84. The van der Waals surface area contributed by atoms with Crippen LogP contribution in [0.5, 0.6) is 5.75 Å². The first-order chi connectivity index (χ1) is 13.3. The number of fused-ring (bicyclic) bond motifs is 2. The minimum Gasteiger partial charge on any atom is -0.481 e. The second-order valence-corrected chi connectivity index (χ2v) is 7.68. The van der Waals surface area contributed by atoms with Gasteiger partial charge in [-0.3, -0.25) is 9.59 Å². The number of amides is 1. The van der Waals surface area contributed by atoms with E-state index >= 15 is 0 Å². The van der Waals surface area contributed by atoms with E-state index in [0.717, 1.165) is 10.9 Å². The second-order valence-electron chi connectivity index (χ2n) is 7.68. The smallest absolute Gasteiger partial charge is 0.339 e. The molecule has 7 heteroatoms. The van der Waals surface area contributed by atoms with Gasteiger partial charge in [-0.1, -0.05) is 0 Å². The van der Waals surface area contributed by atoms with E-state index in [-0.39, 0.29) is 35.3 Å². The van der Waals surface area contributed by atoms with Gasteiger partial charge in [0.1, 0.15) is 11.3 Å². The molecule has 2 aliphatic rings. The van der Waals surface area contributed by atoms with E-state index in [4.69, 9.17) is 13.9 Å². The van der Waals surface area contributed by atoms with Crippen LogP contribution in [0.2, 0.25) is 0 Å². The van der Waals surface area contributed by atoms with Crippen molar-refractivity contribution in [3.8, 4) is 5.75 Å². The van der Waals surface area contributed by atoms with Crippen LogP contribution in [-0.4, -0.2) is 43.1 Å². The Kier molecular flexibility index (Phi) is 4.40. The molecule has 1 aliphatic carbocycles. The number of hydrogen-bond acceptors (Lipinski definition) is 6. The van der Waals surface area contributed by atoms with Gasteiger partial charge in [-0.05, 0) is 50.3 Å². The summed E-state index contributed by atoms with van der Waals surface area (Å²) in [5.41, 5.74) is 1.53. The molecule has 0 bridgehead atoms. The molecule has 1 aromatic heterocycles. The first-order valence-corrected chi connectivity index (χ1v) is 9.39. The van der Waals surface area contributed by atoms with Gasteiger partial charge in [0.2, 0.25) is 0 Å². The Morgan fingerprint density at radius 1 is 1.18 bits per heavy atom. The summed E-state index contributed by atoms with van der Waals surface area (Å²) in [6.45, 7) is 6.42. The van der Waals surface area contributed by atoms with Gasteiger partial charge < -0.3 is 18.8 Å². The average molecular weight is 385 g/mol. The van der Waals surface area contributed by atoms with Gasteiger partial charge in [0.25, 0.3) is 5.91 Å². The molecule has 0 spiro atoms. The highest BCUT2D eigenvalue weighted by Crippen LogP contribution is 2.52. The Morgan fingerprint density at radius 2 is 1.86 bits per heavy atom. The van der Waals surface area contributed by atoms with Gasteiger partial charge in [-0.25, -0.2) is 4.79 Å². The zero-order chi connectivity index (χ0) is 20.2. The second kappa shape index (κ2) is 6.65. The molecule has 7 nitrogen and oxygen atoms in total. The van der Waals surface area contributed by atoms with Gasteiger partial charge in [-0.15, -0.1) is 0 Å². The number of aryl methyl sites for hydroxylation is 1. The van der Waals surface area contributed by atoms with E-state index in [2.05, 4.69) is 0 Å². The summed E-state index contributed by atoms with van der Waals surface area (Å²) in [7, 11) is 1.39. The zero-order valence-electron chi connectivity index (χ0n) is 16.4. The summed E-state index contributed by atoms with van der Waals surface area (Å²) in [6, 6.07) is 5.24. The summed E-state index contributed by atoms with van der Waals surface area (Å²) in [5.74, 6) is 0.499. The minimum atomic E-state index is -0.676. The molecule has 4 rings (SSSR count). The third-order valence-corrected chi connectivity index (χ3v) is 6.07. The number of nitrogens with zero attached hydrogens (tertiary/aromatic N) is 1. The maximum Gasteiger partial charge on any atom is 0.339 e. The first-order valence-electron chi connectivity index (χ1n) is 9.39. The molecule has 0 N–H and O–H groups in total. The monoisotopic (exact) mass is 385 g/mol. The van der Waals surface area contributed by atoms with Crippen molar-refractivity contribution in [1.82, 2.24) is 4.90 Å². The summed E-state index contributed by atoms with van der Waals surface area (Å²) < 4.78 is 15.9. The van der Waals surface area contributed by atoms with Gasteiger partial charge in [0, 0.05) is 30.1 Å². The van der Waals surface area contributed by atoms with Gasteiger partial charge in [-0.2, -0.15) is 0 Å². The zero-order valence-corrected chi connectivity index (χ0v) is 16.4. The van der Waals surface area contributed by atoms with Crippen LogP contribution < -0.4 is 10.4 Å². The first kappa shape index (κ1) is 18.5. The Hall–Kier alpha value is -2.83. The molecule has 2 fully saturated rings. The van der Waals surface area contributed by atoms with E-state index in [1.807, 2.05) is 13.0 Å². The molecule has 2 heterocycles. The Morgan fingerprint density at radius 3 is 2.50 bits per heavy atom. The fourth-order valence-electron chi connectivity index (χ4n) is 4.21. The highest BCUT2D eigenvalue weighted by atomic mass is 16.5. The number of esters is 1. The van der Waals surface area contributed by atoms with Crippen molar-refractivity contribution in [2.45, 2.75) is 26.9 Å². The summed E-state index contributed by atoms with van der Waals surface area (Å²) >= 11 is 0. The normalized spacial score (nSPS) is 24.0. The number of methoxy groups -OCH3 is 1. The molecular weight excluding hydrogens is 362 g/mol. The van der Waals surface area contributed by atoms with Crippen LogP contribution in [-0.2, 0) is 14.3 Å². The number of carbonyl (C=O) groups is 2. The standard InChI is InChI=1S/C21H23NO6/c1-10-11(2)20(24)28-17-7-13(5-6-14(10)17)27-12(3)19(23)22-8-15-16(9-22)18(15)21(25)26-4/h5-7,12,15-16,18H,8-9H2,1-4H3/t12?,15-,16+,18?. The molecule has 0 radical (unpaired) electrons. The lowest BCUT2D eigenvalue weighted by atomic mass is 10.1. The van der Waals surface area contributed by atoms with Crippen molar-refractivity contribution in [3.05, 3.63) is 39.7 Å². The van der Waals surface area contributed by atoms with E-state index in [9.17, 15) is 14.4 Å². The number of hydrogen-bond donors (Lipinski definition) is 0. The van der Waals surface area contributed by atoms with Crippen LogP contribution in [0.3, 0.4) is 0 Å². The third-order valence-electron chi connectivity index (χ3n) is 6.07. The van der Waals surface area contributed by atoms with Crippen LogP contribution in [0.25, 0.3) is 11.0 Å². The van der Waals surface area contributed by atoms with Crippen LogP contribution in [0.1, 0.15) is 18.1 Å². The number of likely N-dealkylation sites (tertiary alicyclic amines) is 1. The van der Waals surface area contributed by atoms with Crippen molar-refractivity contribution < 1.29 is 23.5 Å². The van der Waals surface area contributed by atoms with Crippen molar-refractivity contribution in [1.29, 1.82) is 0 Å². The average Bonchev–Trinajstić information content (AvgIpc) is 3.18. The van der Waals surface area contributed by atoms with Crippen molar-refractivity contribution in [3.63, 3.8) is 0 Å². The number of rotatable bonds is 4. The van der Waals surface area contributed by atoms with Crippen LogP contribution in [0.15, 0.2) is 27.4 Å². The van der Waals surface area contributed by atoms with Crippen molar-refractivity contribution in [2.75, 3.05) is 20.2 Å². The Balaban J connectivity index is 1.43. The van der Waals surface area contributed by atoms with Gasteiger partial charge >= 0.3 is 11.6 Å². The fraction of sp³-hybridized carbons (Fsp3) is 0.476. The molecule has 1 saturated carbocycles. The fourth-order valence-corrected chi connectivity index (χ4v) is 4.21. The number of piperidine rings is 1. The lowest BCUT2D eigenvalue weighted by Crippen LogP contribution is -2.41. The predicted octanol–water partition coefficient (Wildman–Crippen LogP) is 2.05. The van der Waals surface area contributed by atoms with Crippen molar-refractivity contribution >= 4 is 22.8 Å². The lowest BCUT2D eigenvalue weighted by molar-refractivity contribution is -0.145. The van der Waals surface area contributed by atoms with E-state index in [0.29, 0.717) is 30.0 Å². The summed E-state index contributed by atoms with van der Waals surface area (Å²) in [6.07, 6.45) is -0.676. The van der Waals surface area contributed by atoms with Gasteiger partial charge in [0.15, 0.2) is 6.10 Å². The van der Waals surface area contributed by atoms with Crippen molar-refractivity contribution in [2.24, 2.45) is 17.8 Å². The SMILES string of the molecule is COC(=O)C1[C@H]2CN(C(=O)C(C)Oc3ccc4c(C)c(C)c(=O)oc4c3)C[C@@H]12. The minimum absolute atomic E-state index is 0.0691. The summed E-state index contributed by atoms with van der Waals surface area (Å²) in [4.78, 5) is 38.0. The molecule has 1 aliphatic heterocycles. The molecule has 1 saturated heterocycles. The Bertz CT molecular complexity index is 1010. The molecular formula is C21H23NO6. The largest absolute Gasteiger partial charge is 0.481 e. The van der Waals surface area contributed by atoms with E-state index in [1.165, 1.54) is 7.11 Å². The van der Waals surface area contributed by atoms with E-state index < -0.39 is 6.10 Å². The molecule has 2 aromatic rings. The highest BCUT2D eigenvalue weighted by Gasteiger charge is 2.61. The van der Waals surface area contributed by atoms with Crippen LogP contribution >= 0.6 is 0 Å². The maximum atomic E-state index is 12.7. The lowest BCUT2D eigenvalue weighted by Gasteiger charge is -2.23. The molecule has 1 aromatic carbocycles. The molecule has 148 valence electrons. The molecule has 1 amide bonds. The van der Waals surface area contributed by atoms with Gasteiger partial charge in [0.05, 0.1) is 13.0 Å². The quantitative estimate of drug-likeness (QED) is 0.592. The molecule has 2 unspecified atom stereocenters. The number of ether oxygens (including phenoxy) is 2. The number of benzene rings is 1. The number of carbonyl (C=O) groups excluding carboxylic acids is 2. The molecule has 4 atom stereocenters. The summed E-state index contributed by atoms with van der Waals surface area (Å²) in [5, 5.41) is 0.844. The van der Waals surface area contributed by atoms with Crippen LogP contribution in [0, 0.1) is 31.6 Å². The molecule has 28 heavy (non-hydrogen) atoms. The Labute approximate surface area is 162 Å². The third kappa shape index (κ3) is 2.95. The van der Waals surface area contributed by atoms with Crippen LogP contribution in [0.4, 0.5) is 0 Å². The maximum absolute atomic E-state index is 12.7. The topological polar surface area (TPSA) is 86.0 Å². The predicted molar refractivity (Wildman–Crippen MR) is 101 cm³/mol. The van der Waals surface area contributed by atoms with E-state index in [1.54, 1.807) is 30.9 Å².